The minimum Gasteiger partial charge on any atom is -0.444 e. The first-order valence-corrected chi connectivity index (χ1v) is 8.91. The summed E-state index contributed by atoms with van der Waals surface area (Å²) in [7, 11) is 0. The van der Waals surface area contributed by atoms with E-state index in [4.69, 9.17) is 9.57 Å². The third-order valence-electron chi connectivity index (χ3n) is 3.97. The fraction of sp³-hybridized carbons (Fsp3) is 0.238. The van der Waals surface area contributed by atoms with Crippen LogP contribution >= 0.6 is 0 Å². The van der Waals surface area contributed by atoms with Crippen LogP contribution in [0.3, 0.4) is 0 Å². The first kappa shape index (κ1) is 20.1. The number of alkyl carbamates (subject to hydrolysis) is 1. The average Bonchev–Trinajstić information content (AvgIpc) is 2.90. The molecule has 3 rings (SSSR count). The SMILES string of the molecule is CC(C)(C)OC(=O)N[C@H](C(=O)ON1C(=O)c2ccccc2C1=O)c1ccccc1. The lowest BCUT2D eigenvalue weighted by Gasteiger charge is -2.24. The summed E-state index contributed by atoms with van der Waals surface area (Å²) in [4.78, 5) is 55.0. The summed E-state index contributed by atoms with van der Waals surface area (Å²) in [5.74, 6) is -2.50. The minimum absolute atomic E-state index is 0.140. The fourth-order valence-corrected chi connectivity index (χ4v) is 2.74. The first-order chi connectivity index (χ1) is 13.7. The van der Waals surface area contributed by atoms with Gasteiger partial charge in [-0.15, -0.1) is 0 Å². The molecule has 3 amide bonds. The van der Waals surface area contributed by atoms with E-state index in [0.717, 1.165) is 0 Å². The Balaban J connectivity index is 1.81. The maximum Gasteiger partial charge on any atom is 0.408 e. The fourth-order valence-electron chi connectivity index (χ4n) is 2.74. The predicted molar refractivity (Wildman–Crippen MR) is 102 cm³/mol. The Morgan fingerprint density at radius 2 is 1.41 bits per heavy atom. The van der Waals surface area contributed by atoms with Gasteiger partial charge >= 0.3 is 12.1 Å². The Morgan fingerprint density at radius 3 is 1.93 bits per heavy atom. The van der Waals surface area contributed by atoms with Gasteiger partial charge in [-0.25, -0.2) is 9.59 Å². The Hall–Kier alpha value is -3.68. The lowest BCUT2D eigenvalue weighted by molar-refractivity contribution is -0.171. The molecule has 1 N–H and O–H groups in total. The number of carbonyl (C=O) groups is 4. The monoisotopic (exact) mass is 396 g/mol. The molecule has 1 heterocycles. The van der Waals surface area contributed by atoms with E-state index in [2.05, 4.69) is 5.32 Å². The molecule has 0 unspecified atom stereocenters. The molecule has 2 aromatic rings. The van der Waals surface area contributed by atoms with Crippen LogP contribution < -0.4 is 5.32 Å². The summed E-state index contributed by atoms with van der Waals surface area (Å²) in [6.45, 7) is 5.05. The molecule has 0 saturated heterocycles. The summed E-state index contributed by atoms with van der Waals surface area (Å²) in [5.41, 5.74) is -0.0964. The summed E-state index contributed by atoms with van der Waals surface area (Å²) in [6.07, 6.45) is -0.842. The van der Waals surface area contributed by atoms with Gasteiger partial charge in [0.05, 0.1) is 11.1 Å². The third kappa shape index (κ3) is 4.43. The number of hydrogen-bond donors (Lipinski definition) is 1. The highest BCUT2D eigenvalue weighted by Crippen LogP contribution is 2.24. The van der Waals surface area contributed by atoms with Crippen molar-refractivity contribution in [3.8, 4) is 0 Å². The van der Waals surface area contributed by atoms with Crippen LogP contribution in [0.4, 0.5) is 4.79 Å². The number of ether oxygens (including phenoxy) is 1. The molecule has 0 radical (unpaired) electrons. The highest BCUT2D eigenvalue weighted by molar-refractivity contribution is 6.20. The Labute approximate surface area is 167 Å². The number of benzene rings is 2. The normalized spacial score (nSPS) is 14.2. The molecule has 2 aromatic carbocycles. The zero-order valence-corrected chi connectivity index (χ0v) is 16.2. The van der Waals surface area contributed by atoms with Gasteiger partial charge in [0.15, 0.2) is 6.04 Å². The number of carbonyl (C=O) groups excluding carboxylic acids is 4. The number of imide groups is 1. The number of nitrogens with zero attached hydrogens (tertiary/aromatic N) is 1. The Kier molecular flexibility index (Phi) is 5.36. The highest BCUT2D eigenvalue weighted by Gasteiger charge is 2.40. The van der Waals surface area contributed by atoms with Gasteiger partial charge in [0.25, 0.3) is 11.8 Å². The smallest absolute Gasteiger partial charge is 0.408 e. The van der Waals surface area contributed by atoms with Crippen molar-refractivity contribution >= 4 is 23.9 Å². The van der Waals surface area contributed by atoms with Gasteiger partial charge < -0.3 is 14.9 Å². The van der Waals surface area contributed by atoms with Gasteiger partial charge in [-0.05, 0) is 38.5 Å². The zero-order valence-electron chi connectivity index (χ0n) is 16.2. The molecule has 0 bridgehead atoms. The van der Waals surface area contributed by atoms with Crippen molar-refractivity contribution in [1.82, 2.24) is 10.4 Å². The molecule has 1 aliphatic rings. The molecule has 150 valence electrons. The second-order valence-electron chi connectivity index (χ2n) is 7.35. The van der Waals surface area contributed by atoms with Crippen molar-refractivity contribution < 1.29 is 28.8 Å². The van der Waals surface area contributed by atoms with Crippen molar-refractivity contribution in [2.45, 2.75) is 32.4 Å². The van der Waals surface area contributed by atoms with E-state index in [9.17, 15) is 19.2 Å². The van der Waals surface area contributed by atoms with Crippen LogP contribution in [-0.2, 0) is 14.4 Å². The van der Waals surface area contributed by atoms with Crippen LogP contribution in [0.1, 0.15) is 53.1 Å². The second-order valence-corrected chi connectivity index (χ2v) is 7.35. The zero-order chi connectivity index (χ0) is 21.2. The predicted octanol–water partition coefficient (Wildman–Crippen LogP) is 3.01. The van der Waals surface area contributed by atoms with Crippen LogP contribution in [0.2, 0.25) is 0 Å². The maximum absolute atomic E-state index is 12.8. The molecule has 0 spiro atoms. The van der Waals surface area contributed by atoms with E-state index < -0.39 is 35.5 Å². The molecule has 1 atom stereocenters. The highest BCUT2D eigenvalue weighted by atomic mass is 16.7. The Bertz CT molecular complexity index is 930. The summed E-state index contributed by atoms with van der Waals surface area (Å²) < 4.78 is 5.20. The van der Waals surface area contributed by atoms with Crippen LogP contribution in [0.15, 0.2) is 54.6 Å². The molecule has 8 heteroatoms. The number of amides is 3. The molecule has 1 aliphatic heterocycles. The van der Waals surface area contributed by atoms with Crippen molar-refractivity contribution in [2.75, 3.05) is 0 Å². The molecule has 0 saturated carbocycles. The van der Waals surface area contributed by atoms with E-state index in [-0.39, 0.29) is 11.1 Å². The van der Waals surface area contributed by atoms with Crippen LogP contribution in [0.25, 0.3) is 0 Å². The van der Waals surface area contributed by atoms with Crippen molar-refractivity contribution in [3.63, 3.8) is 0 Å². The molecule has 29 heavy (non-hydrogen) atoms. The van der Waals surface area contributed by atoms with Gasteiger partial charge in [-0.1, -0.05) is 47.5 Å². The maximum atomic E-state index is 12.8. The molecule has 8 nitrogen and oxygen atoms in total. The van der Waals surface area contributed by atoms with Crippen LogP contribution in [0, 0.1) is 0 Å². The van der Waals surface area contributed by atoms with Crippen molar-refractivity contribution in [2.24, 2.45) is 0 Å². The molecular weight excluding hydrogens is 376 g/mol. The van der Waals surface area contributed by atoms with Crippen molar-refractivity contribution in [3.05, 3.63) is 71.3 Å². The number of hydroxylamine groups is 2. The molecular formula is C21H20N2O6. The molecule has 0 aliphatic carbocycles. The average molecular weight is 396 g/mol. The lowest BCUT2D eigenvalue weighted by atomic mass is 10.1. The molecule has 0 fully saturated rings. The summed E-state index contributed by atoms with van der Waals surface area (Å²) in [5, 5.41) is 2.83. The van der Waals surface area contributed by atoms with Gasteiger partial charge in [0.1, 0.15) is 5.60 Å². The van der Waals surface area contributed by atoms with Gasteiger partial charge in [-0.3, -0.25) is 9.59 Å². The standard InChI is InChI=1S/C21H20N2O6/c1-21(2,3)28-20(27)22-16(13-9-5-4-6-10-13)19(26)29-23-17(24)14-11-7-8-12-15(14)18(23)25/h4-12,16H,1-3H3,(H,22,27)/t16-/m0/s1. The van der Waals surface area contributed by atoms with E-state index in [1.54, 1.807) is 63.2 Å². The Morgan fingerprint density at radius 1 is 0.897 bits per heavy atom. The van der Waals surface area contributed by atoms with Gasteiger partial charge in [0.2, 0.25) is 0 Å². The number of rotatable bonds is 4. The number of hydrogen-bond acceptors (Lipinski definition) is 6. The lowest BCUT2D eigenvalue weighted by Crippen LogP contribution is -2.42. The summed E-state index contributed by atoms with van der Waals surface area (Å²) >= 11 is 0. The third-order valence-corrected chi connectivity index (χ3v) is 3.97. The topological polar surface area (TPSA) is 102 Å². The first-order valence-electron chi connectivity index (χ1n) is 8.91. The van der Waals surface area contributed by atoms with E-state index in [0.29, 0.717) is 10.6 Å². The van der Waals surface area contributed by atoms with Gasteiger partial charge in [0, 0.05) is 0 Å². The number of fused-ring (bicyclic) bond motifs is 1. The van der Waals surface area contributed by atoms with Gasteiger partial charge in [-0.2, -0.15) is 0 Å². The second kappa shape index (κ2) is 7.75. The van der Waals surface area contributed by atoms with E-state index >= 15 is 0 Å². The van der Waals surface area contributed by atoms with E-state index in [1.807, 2.05) is 0 Å². The van der Waals surface area contributed by atoms with Crippen molar-refractivity contribution in [1.29, 1.82) is 0 Å². The van der Waals surface area contributed by atoms with Crippen LogP contribution in [0.5, 0.6) is 0 Å². The van der Waals surface area contributed by atoms with E-state index in [1.165, 1.54) is 12.1 Å². The quantitative estimate of drug-likeness (QED) is 0.797. The van der Waals surface area contributed by atoms with Crippen LogP contribution in [-0.4, -0.2) is 34.5 Å². The largest absolute Gasteiger partial charge is 0.444 e. The number of nitrogens with one attached hydrogen (secondary N) is 1. The minimum atomic E-state index is -1.28. The summed E-state index contributed by atoms with van der Waals surface area (Å²) in [6, 6.07) is 13.2. The molecule has 0 aromatic heterocycles.